The first-order valence-corrected chi connectivity index (χ1v) is 8.70. The number of rotatable bonds is 4. The van der Waals surface area contributed by atoms with Gasteiger partial charge in [0, 0.05) is 17.6 Å². The number of nitrogens with two attached hydrogens (primary N) is 1. The predicted octanol–water partition coefficient (Wildman–Crippen LogP) is 3.17. The summed E-state index contributed by atoms with van der Waals surface area (Å²) in [4.78, 5) is 5.09. The molecule has 0 spiro atoms. The summed E-state index contributed by atoms with van der Waals surface area (Å²) in [6.07, 6.45) is 1.75. The molecule has 1 aromatic carbocycles. The number of nitrogens with one attached hydrogen (secondary N) is 1. The van der Waals surface area contributed by atoms with E-state index in [9.17, 15) is 4.55 Å². The second-order valence-corrected chi connectivity index (χ2v) is 8.98. The molecule has 6 heteroatoms. The maximum absolute atomic E-state index is 12.5. The SMILES string of the molecule is Cc1ccccc1[C@@H](N[S@+]([O-])C(C)(C)C)c1cnc(N)s1. The van der Waals surface area contributed by atoms with Gasteiger partial charge in [-0.05, 0) is 38.8 Å². The maximum Gasteiger partial charge on any atom is 0.180 e. The Kier molecular flexibility index (Phi) is 4.93. The summed E-state index contributed by atoms with van der Waals surface area (Å²) in [5.74, 6) is 0. The van der Waals surface area contributed by atoms with Gasteiger partial charge in [0.15, 0.2) is 5.13 Å². The second kappa shape index (κ2) is 6.36. The minimum atomic E-state index is -1.18. The van der Waals surface area contributed by atoms with Crippen molar-refractivity contribution in [2.45, 2.75) is 38.5 Å². The molecule has 2 atom stereocenters. The van der Waals surface area contributed by atoms with Crippen molar-refractivity contribution in [2.75, 3.05) is 5.73 Å². The van der Waals surface area contributed by atoms with Crippen molar-refractivity contribution < 1.29 is 4.55 Å². The van der Waals surface area contributed by atoms with E-state index in [1.54, 1.807) is 6.20 Å². The van der Waals surface area contributed by atoms with E-state index >= 15 is 0 Å². The number of aryl methyl sites for hydroxylation is 1. The quantitative estimate of drug-likeness (QED) is 0.848. The highest BCUT2D eigenvalue weighted by atomic mass is 32.2. The van der Waals surface area contributed by atoms with Crippen LogP contribution >= 0.6 is 11.3 Å². The highest BCUT2D eigenvalue weighted by molar-refractivity contribution is 7.90. The Balaban J connectivity index is 2.38. The molecule has 4 nitrogen and oxygen atoms in total. The number of hydrogen-bond acceptors (Lipinski definition) is 5. The van der Waals surface area contributed by atoms with E-state index in [1.807, 2.05) is 39.0 Å². The molecule has 21 heavy (non-hydrogen) atoms. The van der Waals surface area contributed by atoms with Gasteiger partial charge < -0.3 is 10.3 Å². The van der Waals surface area contributed by atoms with E-state index in [0.29, 0.717) is 5.13 Å². The summed E-state index contributed by atoms with van der Waals surface area (Å²) in [6.45, 7) is 7.90. The van der Waals surface area contributed by atoms with Crippen LogP contribution in [0.3, 0.4) is 0 Å². The first kappa shape index (κ1) is 16.3. The van der Waals surface area contributed by atoms with E-state index in [1.165, 1.54) is 11.3 Å². The van der Waals surface area contributed by atoms with Gasteiger partial charge in [-0.15, -0.1) is 16.1 Å². The van der Waals surface area contributed by atoms with E-state index < -0.39 is 11.4 Å². The van der Waals surface area contributed by atoms with Crippen molar-refractivity contribution in [2.24, 2.45) is 0 Å². The number of aromatic nitrogens is 1. The van der Waals surface area contributed by atoms with Crippen molar-refractivity contribution in [3.05, 3.63) is 46.5 Å². The zero-order valence-corrected chi connectivity index (χ0v) is 14.3. The molecule has 1 heterocycles. The Morgan fingerprint density at radius 3 is 2.52 bits per heavy atom. The molecule has 3 N–H and O–H groups in total. The lowest BCUT2D eigenvalue weighted by Crippen LogP contribution is -2.41. The predicted molar refractivity (Wildman–Crippen MR) is 90.6 cm³/mol. The largest absolute Gasteiger partial charge is 0.598 e. The number of nitrogens with zero attached hydrogens (tertiary/aromatic N) is 1. The average Bonchev–Trinajstić information content (AvgIpc) is 2.82. The molecule has 0 saturated carbocycles. The number of anilines is 1. The van der Waals surface area contributed by atoms with Crippen LogP contribution in [0.1, 0.15) is 42.8 Å². The molecular weight excluding hydrogens is 302 g/mol. The molecule has 0 bridgehead atoms. The van der Waals surface area contributed by atoms with Crippen LogP contribution in [0.25, 0.3) is 0 Å². The van der Waals surface area contributed by atoms with Crippen molar-refractivity contribution in [3.63, 3.8) is 0 Å². The van der Waals surface area contributed by atoms with Crippen LogP contribution in [0.15, 0.2) is 30.5 Å². The number of benzene rings is 1. The van der Waals surface area contributed by atoms with Crippen LogP contribution < -0.4 is 10.5 Å². The van der Waals surface area contributed by atoms with Crippen molar-refractivity contribution in [3.8, 4) is 0 Å². The number of thiazole rings is 1. The highest BCUT2D eigenvalue weighted by Gasteiger charge is 2.31. The summed E-state index contributed by atoms with van der Waals surface area (Å²) >= 11 is 0.242. The van der Waals surface area contributed by atoms with Crippen molar-refractivity contribution >= 4 is 27.8 Å². The molecule has 0 unspecified atom stereocenters. The van der Waals surface area contributed by atoms with E-state index in [2.05, 4.69) is 22.7 Å². The lowest BCUT2D eigenvalue weighted by atomic mass is 10.0. The van der Waals surface area contributed by atoms with E-state index in [-0.39, 0.29) is 10.8 Å². The van der Waals surface area contributed by atoms with Gasteiger partial charge >= 0.3 is 0 Å². The molecule has 2 aromatic rings. The summed E-state index contributed by atoms with van der Waals surface area (Å²) in [5, 5.41) is 0.520. The fraction of sp³-hybridized carbons (Fsp3) is 0.400. The highest BCUT2D eigenvalue weighted by Crippen LogP contribution is 2.31. The van der Waals surface area contributed by atoms with Crippen LogP contribution in [0.2, 0.25) is 0 Å². The lowest BCUT2D eigenvalue weighted by Gasteiger charge is -2.28. The average molecular weight is 323 g/mol. The minimum Gasteiger partial charge on any atom is -0.598 e. The van der Waals surface area contributed by atoms with Crippen LogP contribution in [0, 0.1) is 6.92 Å². The van der Waals surface area contributed by atoms with Gasteiger partial charge in [-0.25, -0.2) is 4.98 Å². The van der Waals surface area contributed by atoms with E-state index in [0.717, 1.165) is 16.0 Å². The third-order valence-electron chi connectivity index (χ3n) is 3.11. The monoisotopic (exact) mass is 323 g/mol. The standard InChI is InChI=1S/C15H21N3OS2/c1-10-7-5-6-8-11(10)13(12-9-17-14(16)20-12)18-21(19)15(2,3)4/h5-9,13,18H,1-4H3,(H2,16,17)/t13-,21-/m1/s1. The Bertz CT molecular complexity index is 607. The molecule has 0 aliphatic heterocycles. The molecule has 0 aliphatic rings. The Hall–Kier alpha value is -1.08. The van der Waals surface area contributed by atoms with Gasteiger partial charge in [0.1, 0.15) is 10.8 Å². The smallest absolute Gasteiger partial charge is 0.180 e. The van der Waals surface area contributed by atoms with Gasteiger partial charge in [0.05, 0.1) is 4.88 Å². The van der Waals surface area contributed by atoms with Gasteiger partial charge in [-0.3, -0.25) is 0 Å². The molecule has 0 fully saturated rings. The zero-order chi connectivity index (χ0) is 15.6. The number of nitrogen functional groups attached to an aromatic ring is 1. The Morgan fingerprint density at radius 1 is 1.33 bits per heavy atom. The Labute approximate surface area is 133 Å². The topological polar surface area (TPSA) is 74.0 Å². The fourth-order valence-corrected chi connectivity index (χ4v) is 3.56. The summed E-state index contributed by atoms with van der Waals surface area (Å²) in [5.41, 5.74) is 8.00. The molecule has 2 rings (SSSR count). The van der Waals surface area contributed by atoms with Crippen LogP contribution in [0.5, 0.6) is 0 Å². The number of hydrogen-bond donors (Lipinski definition) is 2. The molecule has 1 aromatic heterocycles. The van der Waals surface area contributed by atoms with Crippen LogP contribution in [0.4, 0.5) is 5.13 Å². The third kappa shape index (κ3) is 3.97. The van der Waals surface area contributed by atoms with Gasteiger partial charge in [0.25, 0.3) is 0 Å². The van der Waals surface area contributed by atoms with Gasteiger partial charge in [-0.2, -0.15) is 0 Å². The zero-order valence-electron chi connectivity index (χ0n) is 12.7. The molecule has 114 valence electrons. The van der Waals surface area contributed by atoms with Crippen molar-refractivity contribution in [1.29, 1.82) is 0 Å². The first-order valence-electron chi connectivity index (χ1n) is 6.74. The third-order valence-corrected chi connectivity index (χ3v) is 5.56. The molecular formula is C15H21N3OS2. The molecule has 0 radical (unpaired) electrons. The molecule has 0 amide bonds. The second-order valence-electron chi connectivity index (χ2n) is 5.89. The summed E-state index contributed by atoms with van der Waals surface area (Å²) < 4.78 is 15.4. The van der Waals surface area contributed by atoms with Crippen LogP contribution in [-0.4, -0.2) is 14.3 Å². The first-order chi connectivity index (χ1) is 9.79. The Morgan fingerprint density at radius 2 is 2.00 bits per heavy atom. The van der Waals surface area contributed by atoms with Crippen LogP contribution in [-0.2, 0) is 11.4 Å². The lowest BCUT2D eigenvalue weighted by molar-refractivity contribution is 0.536. The summed E-state index contributed by atoms with van der Waals surface area (Å²) in [6, 6.07) is 7.91. The maximum atomic E-state index is 12.5. The normalized spacial score (nSPS) is 14.9. The minimum absolute atomic E-state index is 0.166. The van der Waals surface area contributed by atoms with Crippen molar-refractivity contribution in [1.82, 2.24) is 9.71 Å². The summed E-state index contributed by atoms with van der Waals surface area (Å²) in [7, 11) is 0. The van der Waals surface area contributed by atoms with Gasteiger partial charge in [-0.1, -0.05) is 24.3 Å². The van der Waals surface area contributed by atoms with Gasteiger partial charge in [0.2, 0.25) is 0 Å². The van der Waals surface area contributed by atoms with E-state index in [4.69, 9.17) is 5.73 Å². The molecule has 0 aliphatic carbocycles. The molecule has 0 saturated heterocycles. The fourth-order valence-electron chi connectivity index (χ4n) is 1.90.